The van der Waals surface area contributed by atoms with Crippen LogP contribution in [0.2, 0.25) is 0 Å². The van der Waals surface area contributed by atoms with Crippen molar-refractivity contribution >= 4 is 15.9 Å². The molecule has 2 aromatic rings. The molecule has 0 spiro atoms. The van der Waals surface area contributed by atoms with Crippen molar-refractivity contribution in [1.82, 2.24) is 10.6 Å². The second kappa shape index (κ2) is 10.4. The van der Waals surface area contributed by atoms with Gasteiger partial charge in [0.2, 0.25) is 0 Å². The zero-order valence-corrected chi connectivity index (χ0v) is 16.8. The molecule has 0 fully saturated rings. The number of hydrogen-bond donors (Lipinski definition) is 2. The van der Waals surface area contributed by atoms with Crippen LogP contribution >= 0.6 is 15.9 Å². The van der Waals surface area contributed by atoms with Gasteiger partial charge < -0.3 is 20.1 Å². The molecule has 0 saturated carbocycles. The van der Waals surface area contributed by atoms with Gasteiger partial charge in [-0.2, -0.15) is 0 Å². The van der Waals surface area contributed by atoms with Gasteiger partial charge in [0.25, 0.3) is 0 Å². The summed E-state index contributed by atoms with van der Waals surface area (Å²) in [7, 11) is 3.64. The summed E-state index contributed by atoms with van der Waals surface area (Å²) < 4.78 is 12.5. The Bertz CT molecular complexity index is 677. The van der Waals surface area contributed by atoms with Crippen LogP contribution in [0.5, 0.6) is 11.5 Å². The second-order valence-corrected chi connectivity index (χ2v) is 6.86. The average Bonchev–Trinajstić information content (AvgIpc) is 2.61. The van der Waals surface area contributed by atoms with Gasteiger partial charge in [0.05, 0.1) is 7.11 Å². The number of methoxy groups -OCH3 is 1. The van der Waals surface area contributed by atoms with Crippen LogP contribution in [0.25, 0.3) is 0 Å². The van der Waals surface area contributed by atoms with Crippen molar-refractivity contribution in [3.63, 3.8) is 0 Å². The average molecular weight is 407 g/mol. The van der Waals surface area contributed by atoms with Crippen molar-refractivity contribution in [3.8, 4) is 11.5 Å². The van der Waals surface area contributed by atoms with Gasteiger partial charge in [0, 0.05) is 11.0 Å². The molecule has 0 aliphatic rings. The minimum Gasteiger partial charge on any atom is -0.493 e. The van der Waals surface area contributed by atoms with Crippen LogP contribution in [0.1, 0.15) is 23.1 Å². The van der Waals surface area contributed by atoms with E-state index in [4.69, 9.17) is 9.47 Å². The molecule has 0 aliphatic heterocycles. The van der Waals surface area contributed by atoms with Gasteiger partial charge in [-0.3, -0.25) is 0 Å². The Morgan fingerprint density at radius 3 is 2.64 bits per heavy atom. The Morgan fingerprint density at radius 1 is 1.08 bits per heavy atom. The summed E-state index contributed by atoms with van der Waals surface area (Å²) in [5, 5.41) is 6.59. The maximum absolute atomic E-state index is 5.98. The summed E-state index contributed by atoms with van der Waals surface area (Å²) in [6.07, 6.45) is 1.10. The molecule has 0 aliphatic carbocycles. The number of nitrogens with one attached hydrogen (secondary N) is 2. The lowest BCUT2D eigenvalue weighted by Crippen LogP contribution is -2.19. The molecule has 136 valence electrons. The molecule has 0 amide bonds. The number of ether oxygens (including phenoxy) is 2. The van der Waals surface area contributed by atoms with E-state index in [9.17, 15) is 0 Å². The van der Waals surface area contributed by atoms with Gasteiger partial charge >= 0.3 is 0 Å². The fourth-order valence-corrected chi connectivity index (χ4v) is 3.02. The fourth-order valence-electron chi connectivity index (χ4n) is 2.56. The van der Waals surface area contributed by atoms with Crippen molar-refractivity contribution < 1.29 is 9.47 Å². The van der Waals surface area contributed by atoms with Crippen LogP contribution in [0.4, 0.5) is 0 Å². The van der Waals surface area contributed by atoms with Gasteiger partial charge in [-0.15, -0.1) is 0 Å². The fraction of sp³-hybridized carbons (Fsp3) is 0.400. The summed E-state index contributed by atoms with van der Waals surface area (Å²) in [6, 6.07) is 12.3. The highest BCUT2D eigenvalue weighted by Crippen LogP contribution is 2.34. The molecule has 0 unspecified atom stereocenters. The van der Waals surface area contributed by atoms with Crippen molar-refractivity contribution in [2.75, 3.05) is 27.2 Å². The highest BCUT2D eigenvalue weighted by Gasteiger charge is 2.10. The predicted octanol–water partition coefficient (Wildman–Crippen LogP) is 4.04. The molecular weight excluding hydrogens is 380 g/mol. The van der Waals surface area contributed by atoms with Gasteiger partial charge in [-0.05, 0) is 56.7 Å². The lowest BCUT2D eigenvalue weighted by molar-refractivity contribution is 0.284. The molecule has 2 N–H and O–H groups in total. The third-order valence-electron chi connectivity index (χ3n) is 3.91. The predicted molar refractivity (Wildman–Crippen MR) is 106 cm³/mol. The third-order valence-corrected chi connectivity index (χ3v) is 4.64. The van der Waals surface area contributed by atoms with Gasteiger partial charge in [0.15, 0.2) is 11.5 Å². The first-order chi connectivity index (χ1) is 12.1. The van der Waals surface area contributed by atoms with Gasteiger partial charge in [-0.25, -0.2) is 0 Å². The summed E-state index contributed by atoms with van der Waals surface area (Å²) in [5.41, 5.74) is 3.53. The zero-order chi connectivity index (χ0) is 18.1. The van der Waals surface area contributed by atoms with Crippen molar-refractivity contribution in [2.24, 2.45) is 0 Å². The van der Waals surface area contributed by atoms with E-state index >= 15 is 0 Å². The Kier molecular flexibility index (Phi) is 8.25. The molecule has 2 aromatic carbocycles. The highest BCUT2D eigenvalue weighted by atomic mass is 79.9. The Morgan fingerprint density at radius 2 is 1.92 bits per heavy atom. The van der Waals surface area contributed by atoms with E-state index in [2.05, 4.69) is 51.7 Å². The van der Waals surface area contributed by atoms with Crippen LogP contribution in [-0.2, 0) is 13.2 Å². The number of rotatable bonds is 10. The zero-order valence-electron chi connectivity index (χ0n) is 15.2. The molecule has 0 saturated heterocycles. The lowest BCUT2D eigenvalue weighted by atomic mass is 10.1. The topological polar surface area (TPSA) is 42.5 Å². The lowest BCUT2D eigenvalue weighted by Gasteiger charge is -2.15. The number of aryl methyl sites for hydroxylation is 1. The Hall–Kier alpha value is -1.56. The van der Waals surface area contributed by atoms with E-state index in [1.807, 2.05) is 25.2 Å². The molecule has 0 atom stereocenters. The maximum atomic E-state index is 5.98. The van der Waals surface area contributed by atoms with E-state index in [0.29, 0.717) is 6.61 Å². The molecule has 0 aromatic heterocycles. The van der Waals surface area contributed by atoms with Crippen LogP contribution in [-0.4, -0.2) is 27.2 Å². The smallest absolute Gasteiger partial charge is 0.162 e. The number of hydrogen-bond acceptors (Lipinski definition) is 4. The first kappa shape index (κ1) is 19.8. The van der Waals surface area contributed by atoms with Crippen molar-refractivity contribution in [2.45, 2.75) is 26.5 Å². The van der Waals surface area contributed by atoms with Crippen LogP contribution in [0.15, 0.2) is 40.9 Å². The number of halogens is 1. The molecule has 5 heteroatoms. The molecule has 0 bridgehead atoms. The minimum atomic E-state index is 0.520. The number of benzene rings is 2. The Labute approximate surface area is 159 Å². The SMILES string of the molecule is CNCCCNCc1cc(OC)c(OCc2cccc(C)c2)cc1Br. The molecular formula is C20H27BrN2O2. The van der Waals surface area contributed by atoms with Gasteiger partial charge in [-0.1, -0.05) is 45.8 Å². The van der Waals surface area contributed by atoms with Crippen LogP contribution in [0.3, 0.4) is 0 Å². The molecule has 2 rings (SSSR count). The molecule has 0 radical (unpaired) electrons. The van der Waals surface area contributed by atoms with E-state index in [-0.39, 0.29) is 0 Å². The second-order valence-electron chi connectivity index (χ2n) is 6.01. The summed E-state index contributed by atoms with van der Waals surface area (Å²) in [4.78, 5) is 0. The summed E-state index contributed by atoms with van der Waals surface area (Å²) >= 11 is 3.64. The third kappa shape index (κ3) is 6.34. The van der Waals surface area contributed by atoms with Gasteiger partial charge in [0.1, 0.15) is 6.61 Å². The van der Waals surface area contributed by atoms with E-state index in [1.54, 1.807) is 7.11 Å². The summed E-state index contributed by atoms with van der Waals surface area (Å²) in [5.74, 6) is 1.50. The summed E-state index contributed by atoms with van der Waals surface area (Å²) in [6.45, 7) is 5.38. The van der Waals surface area contributed by atoms with Crippen LogP contribution in [0, 0.1) is 6.92 Å². The van der Waals surface area contributed by atoms with Crippen molar-refractivity contribution in [1.29, 1.82) is 0 Å². The van der Waals surface area contributed by atoms with Crippen LogP contribution < -0.4 is 20.1 Å². The molecule has 4 nitrogen and oxygen atoms in total. The quantitative estimate of drug-likeness (QED) is 0.584. The largest absolute Gasteiger partial charge is 0.493 e. The monoisotopic (exact) mass is 406 g/mol. The van der Waals surface area contributed by atoms with E-state index < -0.39 is 0 Å². The van der Waals surface area contributed by atoms with E-state index in [0.717, 1.165) is 53.2 Å². The molecule has 0 heterocycles. The van der Waals surface area contributed by atoms with E-state index in [1.165, 1.54) is 5.56 Å². The normalized spacial score (nSPS) is 10.7. The maximum Gasteiger partial charge on any atom is 0.162 e. The first-order valence-corrected chi connectivity index (χ1v) is 9.33. The first-order valence-electron chi connectivity index (χ1n) is 8.54. The highest BCUT2D eigenvalue weighted by molar-refractivity contribution is 9.10. The Balaban J connectivity index is 2.00. The van der Waals surface area contributed by atoms with Crippen molar-refractivity contribution in [3.05, 3.63) is 57.6 Å². The standard InChI is InChI=1S/C20H27BrN2O2/c1-15-6-4-7-16(10-15)14-25-20-12-18(21)17(11-19(20)24-3)13-23-9-5-8-22-2/h4,6-7,10-12,22-23H,5,8-9,13-14H2,1-3H3. The molecule has 25 heavy (non-hydrogen) atoms. The minimum absolute atomic E-state index is 0.520.